The van der Waals surface area contributed by atoms with Crippen molar-refractivity contribution in [3.63, 3.8) is 0 Å². The summed E-state index contributed by atoms with van der Waals surface area (Å²) in [5, 5.41) is 3.58. The molecule has 3 aliphatic heterocycles. The second-order valence-electron chi connectivity index (χ2n) is 5.96. The van der Waals surface area contributed by atoms with Crippen molar-refractivity contribution in [3.8, 4) is 0 Å². The Morgan fingerprint density at radius 3 is 3.15 bits per heavy atom. The maximum absolute atomic E-state index is 5.74. The third-order valence-electron chi connectivity index (χ3n) is 4.65. The van der Waals surface area contributed by atoms with Crippen LogP contribution in [0.3, 0.4) is 0 Å². The zero-order chi connectivity index (χ0) is 13.5. The lowest BCUT2D eigenvalue weighted by molar-refractivity contribution is 0.0382. The molecule has 5 nitrogen and oxygen atoms in total. The molecular formula is C15H22N4O. The number of rotatable bonds is 2. The van der Waals surface area contributed by atoms with E-state index in [0.29, 0.717) is 12.1 Å². The van der Waals surface area contributed by atoms with Crippen LogP contribution in [-0.2, 0) is 4.74 Å². The number of hydrogen-bond donors (Lipinski definition) is 1. The van der Waals surface area contributed by atoms with Gasteiger partial charge in [-0.3, -0.25) is 0 Å². The molecule has 4 rings (SSSR count). The van der Waals surface area contributed by atoms with E-state index in [-0.39, 0.29) is 0 Å². The first-order chi connectivity index (χ1) is 9.83. The van der Waals surface area contributed by atoms with E-state index in [1.165, 1.54) is 12.1 Å². The van der Waals surface area contributed by atoms with Gasteiger partial charge < -0.3 is 19.9 Å². The van der Waals surface area contributed by atoms with E-state index < -0.39 is 0 Å². The maximum Gasteiger partial charge on any atom is 0.152 e. The van der Waals surface area contributed by atoms with Crippen molar-refractivity contribution in [1.29, 1.82) is 0 Å². The molecule has 0 radical (unpaired) electrons. The van der Waals surface area contributed by atoms with Crippen molar-refractivity contribution in [2.75, 3.05) is 47.9 Å². The lowest BCUT2D eigenvalue weighted by Gasteiger charge is -2.34. The van der Waals surface area contributed by atoms with Gasteiger partial charge in [0, 0.05) is 32.2 Å². The molecule has 2 atom stereocenters. The number of fused-ring (bicyclic) bond motifs is 4. The van der Waals surface area contributed by atoms with Crippen molar-refractivity contribution in [3.05, 3.63) is 12.1 Å². The van der Waals surface area contributed by atoms with Crippen LogP contribution in [-0.4, -0.2) is 49.9 Å². The fourth-order valence-electron chi connectivity index (χ4n) is 3.44. The van der Waals surface area contributed by atoms with Crippen LogP contribution in [0.4, 0.5) is 17.3 Å². The van der Waals surface area contributed by atoms with E-state index >= 15 is 0 Å². The summed E-state index contributed by atoms with van der Waals surface area (Å²) in [6.07, 6.45) is 2.63. The molecule has 5 heteroatoms. The second kappa shape index (κ2) is 4.81. The van der Waals surface area contributed by atoms with Crippen LogP contribution in [0.5, 0.6) is 0 Å². The summed E-state index contributed by atoms with van der Waals surface area (Å²) in [6.45, 7) is 7.16. The molecule has 1 aromatic heterocycles. The largest absolute Gasteiger partial charge is 0.375 e. The van der Waals surface area contributed by atoms with Gasteiger partial charge in [0.1, 0.15) is 5.82 Å². The molecule has 2 fully saturated rings. The molecule has 2 saturated heterocycles. The quantitative estimate of drug-likeness (QED) is 0.889. The molecule has 4 heterocycles. The molecule has 0 spiro atoms. The zero-order valence-electron chi connectivity index (χ0n) is 12.0. The highest BCUT2D eigenvalue weighted by Crippen LogP contribution is 2.35. The van der Waals surface area contributed by atoms with Crippen LogP contribution < -0.4 is 15.1 Å². The van der Waals surface area contributed by atoms with E-state index in [2.05, 4.69) is 34.2 Å². The molecule has 3 aliphatic rings. The number of nitrogens with zero attached hydrogens (tertiary/aromatic N) is 3. The first-order valence-corrected chi connectivity index (χ1v) is 7.72. The van der Waals surface area contributed by atoms with Crippen LogP contribution in [0, 0.1) is 0 Å². The van der Waals surface area contributed by atoms with Gasteiger partial charge in [0.05, 0.1) is 18.4 Å². The predicted molar refractivity (Wildman–Crippen MR) is 80.7 cm³/mol. The zero-order valence-corrected chi connectivity index (χ0v) is 12.0. The van der Waals surface area contributed by atoms with Crippen molar-refractivity contribution in [1.82, 2.24) is 4.98 Å². The highest BCUT2D eigenvalue weighted by molar-refractivity contribution is 5.72. The van der Waals surface area contributed by atoms with E-state index in [4.69, 9.17) is 9.72 Å². The van der Waals surface area contributed by atoms with Crippen molar-refractivity contribution >= 4 is 17.3 Å². The molecule has 0 amide bonds. The minimum Gasteiger partial charge on any atom is -0.375 e. The number of anilines is 3. The lowest BCUT2D eigenvalue weighted by atomic mass is 10.2. The summed E-state index contributed by atoms with van der Waals surface area (Å²) in [5.74, 6) is 2.15. The molecule has 1 aromatic rings. The molecule has 1 unspecified atom stereocenters. The summed E-state index contributed by atoms with van der Waals surface area (Å²) >= 11 is 0. The number of ether oxygens (including phenoxy) is 1. The first-order valence-electron chi connectivity index (χ1n) is 7.72. The van der Waals surface area contributed by atoms with Crippen LogP contribution in [0.15, 0.2) is 12.1 Å². The van der Waals surface area contributed by atoms with Gasteiger partial charge in [0.15, 0.2) is 5.82 Å². The topological polar surface area (TPSA) is 40.6 Å². The van der Waals surface area contributed by atoms with Gasteiger partial charge in [-0.15, -0.1) is 0 Å². The Hall–Kier alpha value is -1.49. The predicted octanol–water partition coefficient (Wildman–Crippen LogP) is 1.70. The van der Waals surface area contributed by atoms with E-state index in [1.54, 1.807) is 0 Å². The van der Waals surface area contributed by atoms with Gasteiger partial charge in [-0.2, -0.15) is 0 Å². The summed E-state index contributed by atoms with van der Waals surface area (Å²) in [4.78, 5) is 9.66. The fourth-order valence-corrected chi connectivity index (χ4v) is 3.44. The Morgan fingerprint density at radius 2 is 2.25 bits per heavy atom. The first kappa shape index (κ1) is 12.3. The Morgan fingerprint density at radius 1 is 1.30 bits per heavy atom. The fraction of sp³-hybridized carbons (Fsp3) is 0.667. The van der Waals surface area contributed by atoms with Crippen LogP contribution in [0.1, 0.15) is 19.8 Å². The molecule has 1 N–H and O–H groups in total. The normalized spacial score (nSPS) is 28.2. The number of pyridine rings is 1. The number of nitrogens with one attached hydrogen (secondary N) is 1. The lowest BCUT2D eigenvalue weighted by Crippen LogP contribution is -2.43. The summed E-state index contributed by atoms with van der Waals surface area (Å²) in [7, 11) is 0. The highest BCUT2D eigenvalue weighted by Gasteiger charge is 2.31. The molecule has 2 bridgehead atoms. The molecule has 0 aromatic carbocycles. The minimum atomic E-state index is 0.342. The minimum absolute atomic E-state index is 0.342. The van der Waals surface area contributed by atoms with Crippen molar-refractivity contribution in [2.24, 2.45) is 0 Å². The van der Waals surface area contributed by atoms with Crippen LogP contribution in [0.25, 0.3) is 0 Å². The average molecular weight is 274 g/mol. The third-order valence-corrected chi connectivity index (χ3v) is 4.65. The Bertz CT molecular complexity index is 507. The molecule has 20 heavy (non-hydrogen) atoms. The standard InChI is InChI=1S/C15H22N4O/c1-2-12-10-19(7-8-20-12)14-4-3-13-15(17-14)16-11-5-6-18(13)9-11/h3-4,11-12H,2,5-10H2,1H3,(H,16,17)/t11?,12-/m1/s1. The smallest absolute Gasteiger partial charge is 0.152 e. The van der Waals surface area contributed by atoms with Crippen LogP contribution in [0.2, 0.25) is 0 Å². The van der Waals surface area contributed by atoms with Gasteiger partial charge >= 0.3 is 0 Å². The number of aromatic nitrogens is 1. The van der Waals surface area contributed by atoms with Crippen molar-refractivity contribution < 1.29 is 4.74 Å². The molecule has 0 saturated carbocycles. The van der Waals surface area contributed by atoms with Gasteiger partial charge in [-0.05, 0) is 25.0 Å². The number of hydrogen-bond acceptors (Lipinski definition) is 5. The average Bonchev–Trinajstić information content (AvgIpc) is 2.89. The Balaban J connectivity index is 1.59. The van der Waals surface area contributed by atoms with E-state index in [0.717, 1.165) is 50.8 Å². The molecule has 0 aliphatic carbocycles. The van der Waals surface area contributed by atoms with E-state index in [9.17, 15) is 0 Å². The summed E-state index contributed by atoms with van der Waals surface area (Å²) in [5.41, 5.74) is 1.27. The molecular weight excluding hydrogens is 252 g/mol. The second-order valence-corrected chi connectivity index (χ2v) is 5.96. The number of morpholine rings is 1. The monoisotopic (exact) mass is 274 g/mol. The maximum atomic E-state index is 5.74. The Kier molecular flexibility index (Phi) is 2.95. The third kappa shape index (κ3) is 2.00. The summed E-state index contributed by atoms with van der Waals surface area (Å²) < 4.78 is 5.74. The molecule has 108 valence electrons. The van der Waals surface area contributed by atoms with E-state index in [1.807, 2.05) is 0 Å². The van der Waals surface area contributed by atoms with Gasteiger partial charge in [-0.1, -0.05) is 6.92 Å². The highest BCUT2D eigenvalue weighted by atomic mass is 16.5. The van der Waals surface area contributed by atoms with Gasteiger partial charge in [-0.25, -0.2) is 4.98 Å². The van der Waals surface area contributed by atoms with Gasteiger partial charge in [0.25, 0.3) is 0 Å². The van der Waals surface area contributed by atoms with Gasteiger partial charge in [0.2, 0.25) is 0 Å². The summed E-state index contributed by atoms with van der Waals surface area (Å²) in [6, 6.07) is 4.97. The SMILES string of the molecule is CC[C@@H]1CN(c2ccc3c(n2)NC2CCN3C2)CCO1. The van der Waals surface area contributed by atoms with Crippen LogP contribution >= 0.6 is 0 Å². The van der Waals surface area contributed by atoms with Crippen molar-refractivity contribution in [2.45, 2.75) is 31.9 Å². The Labute approximate surface area is 119 Å².